The Labute approximate surface area is 138 Å². The molecule has 3 aromatic rings. The van der Waals surface area contributed by atoms with E-state index >= 15 is 0 Å². The Kier molecular flexibility index (Phi) is 4.02. The van der Waals surface area contributed by atoms with Crippen LogP contribution in [0.3, 0.4) is 0 Å². The molecule has 0 aliphatic rings. The van der Waals surface area contributed by atoms with Crippen LogP contribution in [0.25, 0.3) is 11.9 Å². The Morgan fingerprint density at radius 1 is 1.00 bits per heavy atom. The Bertz CT molecular complexity index is 867. The van der Waals surface area contributed by atoms with Gasteiger partial charge in [0.1, 0.15) is 11.6 Å². The third kappa shape index (κ3) is 2.85. The van der Waals surface area contributed by atoms with Gasteiger partial charge in [-0.1, -0.05) is 13.3 Å². The van der Waals surface area contributed by atoms with Crippen molar-refractivity contribution in [2.45, 2.75) is 26.7 Å². The summed E-state index contributed by atoms with van der Waals surface area (Å²) in [5, 5.41) is 8.70. The van der Waals surface area contributed by atoms with Crippen LogP contribution in [-0.2, 0) is 6.42 Å². The van der Waals surface area contributed by atoms with E-state index in [0.717, 1.165) is 24.2 Å². The van der Waals surface area contributed by atoms with Gasteiger partial charge in [-0.15, -0.1) is 0 Å². The summed E-state index contributed by atoms with van der Waals surface area (Å²) in [5.74, 6) is 1.31. The number of nitrogens with zero attached hydrogens (tertiary/aromatic N) is 7. The highest BCUT2D eigenvalue weighted by atomic mass is 16.5. The zero-order chi connectivity index (χ0) is 17.3. The van der Waals surface area contributed by atoms with Gasteiger partial charge in [0.25, 0.3) is 11.9 Å². The van der Waals surface area contributed by atoms with E-state index in [9.17, 15) is 0 Å². The van der Waals surface area contributed by atoms with E-state index in [2.05, 4.69) is 32.1 Å². The highest BCUT2D eigenvalue weighted by molar-refractivity contribution is 5.40. The predicted octanol–water partition coefficient (Wildman–Crippen LogP) is 0.677. The first-order valence-corrected chi connectivity index (χ1v) is 7.49. The van der Waals surface area contributed by atoms with Crippen LogP contribution in [0.2, 0.25) is 0 Å². The highest BCUT2D eigenvalue weighted by Crippen LogP contribution is 2.17. The summed E-state index contributed by atoms with van der Waals surface area (Å²) >= 11 is 0. The number of aryl methyl sites for hydroxylation is 2. The Morgan fingerprint density at radius 3 is 2.17 bits per heavy atom. The van der Waals surface area contributed by atoms with Gasteiger partial charge in [0.2, 0.25) is 0 Å². The number of nitrogen functional groups attached to an aromatic ring is 2. The van der Waals surface area contributed by atoms with Crippen molar-refractivity contribution >= 4 is 11.6 Å². The van der Waals surface area contributed by atoms with Gasteiger partial charge in [-0.05, 0) is 13.3 Å². The molecule has 10 nitrogen and oxygen atoms in total. The molecule has 0 radical (unpaired) electrons. The number of hydrogen-bond acceptors (Lipinski definition) is 8. The molecule has 4 N–H and O–H groups in total. The van der Waals surface area contributed by atoms with Crippen LogP contribution in [0.5, 0.6) is 6.01 Å². The number of methoxy groups -OCH3 is 1. The molecular weight excluding hydrogens is 310 g/mol. The lowest BCUT2D eigenvalue weighted by Crippen LogP contribution is -2.14. The maximum absolute atomic E-state index is 6.03. The minimum atomic E-state index is 0.120. The molecule has 0 unspecified atom stereocenters. The molecule has 0 atom stereocenters. The summed E-state index contributed by atoms with van der Waals surface area (Å²) in [5.41, 5.74) is 13.6. The van der Waals surface area contributed by atoms with Crippen LogP contribution in [0.1, 0.15) is 24.7 Å². The van der Waals surface area contributed by atoms with E-state index in [0.29, 0.717) is 11.6 Å². The van der Waals surface area contributed by atoms with Crippen LogP contribution < -0.4 is 16.2 Å². The van der Waals surface area contributed by atoms with Gasteiger partial charge < -0.3 is 16.2 Å². The molecule has 3 rings (SSSR count). The summed E-state index contributed by atoms with van der Waals surface area (Å²) in [4.78, 5) is 12.8. The second-order valence-corrected chi connectivity index (χ2v) is 5.27. The summed E-state index contributed by atoms with van der Waals surface area (Å²) in [7, 11) is 1.47. The molecule has 0 spiro atoms. The molecule has 3 aromatic heterocycles. The van der Waals surface area contributed by atoms with E-state index in [4.69, 9.17) is 16.2 Å². The molecule has 0 aliphatic carbocycles. The number of hydrogen-bond donors (Lipinski definition) is 2. The van der Waals surface area contributed by atoms with Crippen molar-refractivity contribution < 1.29 is 4.74 Å². The number of ether oxygens (including phenoxy) is 1. The van der Waals surface area contributed by atoms with Gasteiger partial charge >= 0.3 is 6.01 Å². The summed E-state index contributed by atoms with van der Waals surface area (Å²) in [6.45, 7) is 3.90. The molecule has 3 heterocycles. The maximum Gasteiger partial charge on any atom is 0.322 e. The smallest absolute Gasteiger partial charge is 0.322 e. The van der Waals surface area contributed by atoms with E-state index in [1.54, 1.807) is 12.1 Å². The number of anilines is 2. The third-order valence-corrected chi connectivity index (χ3v) is 3.31. The molecule has 10 heteroatoms. The highest BCUT2D eigenvalue weighted by Gasteiger charge is 2.16. The van der Waals surface area contributed by atoms with Gasteiger partial charge in [0.15, 0.2) is 0 Å². The zero-order valence-electron chi connectivity index (χ0n) is 13.8. The van der Waals surface area contributed by atoms with Crippen molar-refractivity contribution in [1.82, 2.24) is 34.5 Å². The quantitative estimate of drug-likeness (QED) is 0.697. The fraction of sp³-hybridized carbons (Fsp3) is 0.357. The molecule has 0 aliphatic heterocycles. The van der Waals surface area contributed by atoms with Gasteiger partial charge in [-0.2, -0.15) is 34.5 Å². The minimum absolute atomic E-state index is 0.120. The molecule has 0 aromatic carbocycles. The molecule has 126 valence electrons. The normalized spacial score (nSPS) is 11.0. The van der Waals surface area contributed by atoms with E-state index < -0.39 is 0 Å². The topological polar surface area (TPSA) is 136 Å². The van der Waals surface area contributed by atoms with Gasteiger partial charge in [-0.3, -0.25) is 0 Å². The predicted molar refractivity (Wildman–Crippen MR) is 88.2 cm³/mol. The lowest BCUT2D eigenvalue weighted by molar-refractivity contribution is 0.375. The number of nitrogens with two attached hydrogens (primary N) is 2. The van der Waals surface area contributed by atoms with Gasteiger partial charge in [-0.25, -0.2) is 0 Å². The van der Waals surface area contributed by atoms with Crippen molar-refractivity contribution in [3.8, 4) is 17.9 Å². The minimum Gasteiger partial charge on any atom is -0.467 e. The van der Waals surface area contributed by atoms with Gasteiger partial charge in [0, 0.05) is 12.1 Å². The number of aromatic nitrogens is 7. The lowest BCUT2D eigenvalue weighted by Gasteiger charge is -2.07. The van der Waals surface area contributed by atoms with E-state index in [1.807, 2.05) is 6.92 Å². The Hall–Kier alpha value is -3.17. The maximum atomic E-state index is 6.03. The van der Waals surface area contributed by atoms with Crippen molar-refractivity contribution in [3.63, 3.8) is 0 Å². The fourth-order valence-corrected chi connectivity index (χ4v) is 2.28. The summed E-state index contributed by atoms with van der Waals surface area (Å²) in [6.07, 6.45) is 1.78. The molecule has 0 saturated carbocycles. The Balaban J connectivity index is 2.12. The van der Waals surface area contributed by atoms with Crippen molar-refractivity contribution in [1.29, 1.82) is 0 Å². The van der Waals surface area contributed by atoms with E-state index in [1.165, 1.54) is 16.5 Å². The molecule has 0 fully saturated rings. The Morgan fingerprint density at radius 2 is 1.62 bits per heavy atom. The summed E-state index contributed by atoms with van der Waals surface area (Å²) in [6, 6.07) is 3.64. The van der Waals surface area contributed by atoms with Crippen LogP contribution in [0, 0.1) is 6.92 Å². The monoisotopic (exact) mass is 329 g/mol. The van der Waals surface area contributed by atoms with Crippen LogP contribution in [0.15, 0.2) is 12.1 Å². The van der Waals surface area contributed by atoms with Crippen molar-refractivity contribution in [2.75, 3.05) is 18.6 Å². The van der Waals surface area contributed by atoms with Crippen LogP contribution >= 0.6 is 0 Å². The second-order valence-electron chi connectivity index (χ2n) is 5.27. The summed E-state index contributed by atoms with van der Waals surface area (Å²) < 4.78 is 8.02. The molecule has 0 amide bonds. The lowest BCUT2D eigenvalue weighted by atomic mass is 10.2. The van der Waals surface area contributed by atoms with Crippen molar-refractivity contribution in [2.24, 2.45) is 0 Å². The van der Waals surface area contributed by atoms with Crippen LogP contribution in [-0.4, -0.2) is 41.6 Å². The van der Waals surface area contributed by atoms with Crippen molar-refractivity contribution in [3.05, 3.63) is 23.5 Å². The molecule has 0 saturated heterocycles. The molecular formula is C14H19N9O. The third-order valence-electron chi connectivity index (χ3n) is 3.31. The first-order chi connectivity index (χ1) is 11.5. The van der Waals surface area contributed by atoms with Crippen LogP contribution in [0.4, 0.5) is 11.6 Å². The second kappa shape index (κ2) is 6.14. The molecule has 0 bridgehead atoms. The van der Waals surface area contributed by atoms with E-state index in [-0.39, 0.29) is 17.9 Å². The SMILES string of the molecule is CCCc1cc(N)n(-c2nc(OC)nc(-n3nc(C)cc3N)n2)n1. The first-order valence-electron chi connectivity index (χ1n) is 7.49. The number of rotatable bonds is 5. The first kappa shape index (κ1) is 15.7. The standard InChI is InChI=1S/C14H19N9O/c1-4-5-9-7-11(16)23(21-9)13-17-12(18-14(19-13)24-3)22-10(15)6-8(2)20-22/h6-7H,4-5,15-16H2,1-3H3. The zero-order valence-corrected chi connectivity index (χ0v) is 13.8. The van der Waals surface area contributed by atoms with Gasteiger partial charge in [0.05, 0.1) is 18.5 Å². The average molecular weight is 329 g/mol. The fourth-order valence-electron chi connectivity index (χ4n) is 2.28. The molecule has 24 heavy (non-hydrogen) atoms. The average Bonchev–Trinajstić information content (AvgIpc) is 3.09. The largest absolute Gasteiger partial charge is 0.467 e.